The van der Waals surface area contributed by atoms with Crippen LogP contribution in [-0.4, -0.2) is 20.4 Å². The molecule has 21 heavy (non-hydrogen) atoms. The molecular weight excluding hydrogens is 336 g/mol. The molecule has 3 aromatic rings. The molecule has 7 heteroatoms. The third-order valence-electron chi connectivity index (χ3n) is 3.02. The van der Waals surface area contributed by atoms with Crippen LogP contribution in [0.25, 0.3) is 16.9 Å². The van der Waals surface area contributed by atoms with Crippen LogP contribution in [0.1, 0.15) is 5.82 Å². The highest BCUT2D eigenvalue weighted by molar-refractivity contribution is 6.31. The predicted octanol–water partition coefficient (Wildman–Crippen LogP) is 4.65. The number of hydrogen-bond acceptors (Lipinski definition) is 2. The van der Waals surface area contributed by atoms with Gasteiger partial charge in [0.25, 0.3) is 0 Å². The zero-order valence-corrected chi connectivity index (χ0v) is 12.9. The average Bonchev–Trinajstić information content (AvgIpc) is 2.79. The maximum absolute atomic E-state index is 14.3. The molecule has 0 N–H and O–H groups in total. The molecule has 0 saturated heterocycles. The number of benzene rings is 1. The van der Waals surface area contributed by atoms with E-state index in [2.05, 4.69) is 9.97 Å². The van der Waals surface area contributed by atoms with E-state index in [-0.39, 0.29) is 5.02 Å². The van der Waals surface area contributed by atoms with Crippen LogP contribution >= 0.6 is 34.8 Å². The van der Waals surface area contributed by atoms with Crippen LogP contribution in [0, 0.1) is 5.82 Å². The van der Waals surface area contributed by atoms with Crippen LogP contribution in [0.3, 0.4) is 0 Å². The zero-order chi connectivity index (χ0) is 15.0. The second kappa shape index (κ2) is 5.79. The number of aromatic nitrogens is 3. The smallest absolute Gasteiger partial charge is 0.165 e. The van der Waals surface area contributed by atoms with E-state index in [4.69, 9.17) is 34.8 Å². The molecule has 0 radical (unpaired) electrons. The molecule has 0 fully saturated rings. The van der Waals surface area contributed by atoms with Gasteiger partial charge in [0.1, 0.15) is 11.3 Å². The molecule has 0 amide bonds. The van der Waals surface area contributed by atoms with Crippen molar-refractivity contribution in [3.05, 3.63) is 52.1 Å². The largest absolute Gasteiger partial charge is 0.278 e. The Morgan fingerprint density at radius 1 is 1.24 bits per heavy atom. The number of aryl methyl sites for hydroxylation is 1. The summed E-state index contributed by atoms with van der Waals surface area (Å²) in [7, 11) is 0. The number of nitrogens with zero attached hydrogens (tertiary/aromatic N) is 3. The van der Waals surface area contributed by atoms with Gasteiger partial charge in [0, 0.05) is 18.5 Å². The fraction of sp³-hybridized carbons (Fsp3) is 0.143. The Bertz CT molecular complexity index is 817. The van der Waals surface area contributed by atoms with Crippen molar-refractivity contribution in [3.63, 3.8) is 0 Å². The molecular formula is C14H9Cl3FN3. The van der Waals surface area contributed by atoms with E-state index < -0.39 is 5.82 Å². The first-order chi connectivity index (χ1) is 10.1. The minimum Gasteiger partial charge on any atom is -0.278 e. The Morgan fingerprint density at radius 2 is 2.05 bits per heavy atom. The van der Waals surface area contributed by atoms with Gasteiger partial charge in [-0.2, -0.15) is 0 Å². The van der Waals surface area contributed by atoms with Crippen molar-refractivity contribution in [2.75, 3.05) is 5.88 Å². The monoisotopic (exact) mass is 343 g/mol. The standard InChI is InChI=1S/C14H9Cl3FN3/c15-5-4-12-20-10-6-8(16)7-19-14(10)21(12)11-3-1-2-9(17)13(11)18/h1-3,6-7H,4-5H2. The first-order valence-corrected chi connectivity index (χ1v) is 7.44. The number of hydrogen-bond donors (Lipinski definition) is 0. The van der Waals surface area contributed by atoms with E-state index in [0.717, 1.165) is 0 Å². The van der Waals surface area contributed by atoms with Crippen LogP contribution < -0.4 is 0 Å². The first kappa shape index (κ1) is 14.6. The number of pyridine rings is 1. The zero-order valence-electron chi connectivity index (χ0n) is 10.7. The minimum absolute atomic E-state index is 0.0418. The molecule has 2 aromatic heterocycles. The first-order valence-electron chi connectivity index (χ1n) is 6.15. The van der Waals surface area contributed by atoms with Gasteiger partial charge in [0.15, 0.2) is 11.5 Å². The van der Waals surface area contributed by atoms with Crippen LogP contribution in [0.15, 0.2) is 30.5 Å². The van der Waals surface area contributed by atoms with Crippen molar-refractivity contribution in [3.8, 4) is 5.69 Å². The van der Waals surface area contributed by atoms with Crippen molar-refractivity contribution < 1.29 is 4.39 Å². The summed E-state index contributed by atoms with van der Waals surface area (Å²) in [5, 5.41) is 0.510. The summed E-state index contributed by atoms with van der Waals surface area (Å²) in [5.41, 5.74) is 1.39. The summed E-state index contributed by atoms with van der Waals surface area (Å²) in [4.78, 5) is 8.68. The summed E-state index contributed by atoms with van der Waals surface area (Å²) in [5.74, 6) is 0.446. The SMILES string of the molecule is Fc1c(Cl)cccc1-n1c(CCCl)nc2cc(Cl)cnc21. The van der Waals surface area contributed by atoms with E-state index in [0.29, 0.717) is 40.0 Å². The second-order valence-electron chi connectivity index (χ2n) is 4.37. The van der Waals surface area contributed by atoms with Gasteiger partial charge in [-0.3, -0.25) is 4.57 Å². The van der Waals surface area contributed by atoms with Gasteiger partial charge in [-0.15, -0.1) is 11.6 Å². The molecule has 3 nitrogen and oxygen atoms in total. The molecule has 0 unspecified atom stereocenters. The Kier molecular flexibility index (Phi) is 4.02. The quantitative estimate of drug-likeness (QED) is 0.648. The lowest BCUT2D eigenvalue weighted by Crippen LogP contribution is -2.05. The van der Waals surface area contributed by atoms with E-state index in [1.54, 1.807) is 22.8 Å². The topological polar surface area (TPSA) is 30.7 Å². The Labute approximate surface area is 135 Å². The third kappa shape index (κ3) is 2.59. The fourth-order valence-electron chi connectivity index (χ4n) is 2.16. The van der Waals surface area contributed by atoms with Crippen LogP contribution in [0.5, 0.6) is 0 Å². The van der Waals surface area contributed by atoms with E-state index >= 15 is 0 Å². The Morgan fingerprint density at radius 3 is 2.81 bits per heavy atom. The van der Waals surface area contributed by atoms with Crippen LogP contribution in [-0.2, 0) is 6.42 Å². The highest BCUT2D eigenvalue weighted by Gasteiger charge is 2.17. The fourth-order valence-corrected chi connectivity index (χ4v) is 2.65. The lowest BCUT2D eigenvalue weighted by molar-refractivity contribution is 0.617. The molecule has 3 rings (SSSR count). The Hall–Kier alpha value is -1.36. The third-order valence-corrected chi connectivity index (χ3v) is 3.71. The second-order valence-corrected chi connectivity index (χ2v) is 5.59. The highest BCUT2D eigenvalue weighted by Crippen LogP contribution is 2.27. The lowest BCUT2D eigenvalue weighted by atomic mass is 10.3. The summed E-state index contributed by atoms with van der Waals surface area (Å²) in [6.45, 7) is 0. The van der Waals surface area contributed by atoms with Gasteiger partial charge >= 0.3 is 0 Å². The van der Waals surface area contributed by atoms with Gasteiger partial charge in [-0.05, 0) is 18.2 Å². The van der Waals surface area contributed by atoms with Gasteiger partial charge in [-0.1, -0.05) is 29.3 Å². The molecule has 0 atom stereocenters. The van der Waals surface area contributed by atoms with E-state index in [1.807, 2.05) is 0 Å². The van der Waals surface area contributed by atoms with Gasteiger partial charge in [-0.25, -0.2) is 14.4 Å². The number of halogens is 4. The minimum atomic E-state index is -0.522. The molecule has 0 aliphatic carbocycles. The maximum Gasteiger partial charge on any atom is 0.165 e. The average molecular weight is 345 g/mol. The van der Waals surface area contributed by atoms with Crippen molar-refractivity contribution in [1.82, 2.24) is 14.5 Å². The summed E-state index contributed by atoms with van der Waals surface area (Å²) >= 11 is 17.6. The predicted molar refractivity (Wildman–Crippen MR) is 83.3 cm³/mol. The summed E-state index contributed by atoms with van der Waals surface area (Å²) < 4.78 is 15.9. The van der Waals surface area contributed by atoms with E-state index in [9.17, 15) is 4.39 Å². The van der Waals surface area contributed by atoms with Crippen molar-refractivity contribution in [1.29, 1.82) is 0 Å². The normalized spacial score (nSPS) is 11.2. The molecule has 0 aliphatic heterocycles. The molecule has 0 aliphatic rings. The number of fused-ring (bicyclic) bond motifs is 1. The van der Waals surface area contributed by atoms with Crippen molar-refractivity contribution >= 4 is 46.0 Å². The number of rotatable bonds is 3. The van der Waals surface area contributed by atoms with Gasteiger partial charge in [0.05, 0.1) is 15.7 Å². The number of imidazole rings is 1. The lowest BCUT2D eigenvalue weighted by Gasteiger charge is -2.09. The molecule has 0 bridgehead atoms. The van der Waals surface area contributed by atoms with Crippen molar-refractivity contribution in [2.24, 2.45) is 0 Å². The van der Waals surface area contributed by atoms with E-state index in [1.165, 1.54) is 12.3 Å². The molecule has 2 heterocycles. The molecule has 108 valence electrons. The summed E-state index contributed by atoms with van der Waals surface area (Å²) in [6, 6.07) is 6.47. The molecule has 0 saturated carbocycles. The van der Waals surface area contributed by atoms with Crippen LogP contribution in [0.4, 0.5) is 4.39 Å². The van der Waals surface area contributed by atoms with Crippen molar-refractivity contribution in [2.45, 2.75) is 6.42 Å². The number of alkyl halides is 1. The maximum atomic E-state index is 14.3. The summed E-state index contributed by atoms with van der Waals surface area (Å²) in [6.07, 6.45) is 1.97. The highest BCUT2D eigenvalue weighted by atomic mass is 35.5. The van der Waals surface area contributed by atoms with Crippen LogP contribution in [0.2, 0.25) is 10.0 Å². The van der Waals surface area contributed by atoms with Gasteiger partial charge in [0.2, 0.25) is 0 Å². The van der Waals surface area contributed by atoms with Gasteiger partial charge < -0.3 is 0 Å². The molecule has 1 aromatic carbocycles. The Balaban J connectivity index is 2.33. The molecule has 0 spiro atoms.